The molecule has 2 rings (SSSR count). The molecular formula is C14H15NOS. The molecule has 0 spiro atoms. The van der Waals surface area contributed by atoms with E-state index in [0.29, 0.717) is 6.54 Å². The van der Waals surface area contributed by atoms with Crippen LogP contribution in [0.3, 0.4) is 0 Å². The number of carbonyl (C=O) groups is 1. The van der Waals surface area contributed by atoms with Gasteiger partial charge in [-0.2, -0.15) is 0 Å². The maximum Gasteiger partial charge on any atom is 0.252 e. The number of carbonyl (C=O) groups excluding carboxylic acids is 1. The van der Waals surface area contributed by atoms with Crippen molar-refractivity contribution in [3.63, 3.8) is 0 Å². The standard InChI is InChI=1S/C14H15NOS/c1-2-3-6-9-15-14(16)12-10-17-13-8-5-4-7-11(12)13/h2-5,7-8,10H,6,9H2,1H3,(H,15,16)/b3-2+. The molecule has 0 aliphatic carbocycles. The molecule has 0 aliphatic heterocycles. The van der Waals surface area contributed by atoms with Gasteiger partial charge in [-0.1, -0.05) is 30.4 Å². The summed E-state index contributed by atoms with van der Waals surface area (Å²) in [6.07, 6.45) is 4.92. The summed E-state index contributed by atoms with van der Waals surface area (Å²) < 4.78 is 1.16. The Morgan fingerprint density at radius 2 is 2.24 bits per heavy atom. The van der Waals surface area contributed by atoms with Gasteiger partial charge in [0.2, 0.25) is 0 Å². The molecule has 1 aromatic heterocycles. The van der Waals surface area contributed by atoms with Crippen LogP contribution in [0.2, 0.25) is 0 Å². The second-order valence-electron chi connectivity index (χ2n) is 3.76. The van der Waals surface area contributed by atoms with Crippen LogP contribution in [0.5, 0.6) is 0 Å². The molecule has 0 atom stereocenters. The zero-order valence-electron chi connectivity index (χ0n) is 9.77. The molecule has 1 heterocycles. The Balaban J connectivity index is 2.09. The monoisotopic (exact) mass is 245 g/mol. The molecule has 1 N–H and O–H groups in total. The van der Waals surface area contributed by atoms with Crippen molar-refractivity contribution in [1.82, 2.24) is 5.32 Å². The van der Waals surface area contributed by atoms with Crippen molar-refractivity contribution < 1.29 is 4.79 Å². The predicted octanol–water partition coefficient (Wildman–Crippen LogP) is 3.60. The zero-order valence-corrected chi connectivity index (χ0v) is 10.6. The first-order chi connectivity index (χ1) is 8.33. The van der Waals surface area contributed by atoms with Gasteiger partial charge < -0.3 is 5.32 Å². The van der Waals surface area contributed by atoms with Gasteiger partial charge in [0.25, 0.3) is 5.91 Å². The van der Waals surface area contributed by atoms with Crippen molar-refractivity contribution in [2.75, 3.05) is 6.54 Å². The molecule has 1 amide bonds. The molecule has 0 fully saturated rings. The third kappa shape index (κ3) is 2.74. The second kappa shape index (κ2) is 5.64. The third-order valence-electron chi connectivity index (χ3n) is 2.56. The van der Waals surface area contributed by atoms with Crippen molar-refractivity contribution in [3.8, 4) is 0 Å². The number of benzene rings is 1. The first-order valence-corrected chi connectivity index (χ1v) is 6.56. The molecule has 2 aromatic rings. The summed E-state index contributed by atoms with van der Waals surface area (Å²) in [4.78, 5) is 12.0. The molecule has 2 nitrogen and oxygen atoms in total. The molecule has 0 radical (unpaired) electrons. The van der Waals surface area contributed by atoms with Crippen molar-refractivity contribution in [3.05, 3.63) is 47.4 Å². The Bertz CT molecular complexity index is 542. The number of nitrogens with one attached hydrogen (secondary N) is 1. The van der Waals surface area contributed by atoms with Gasteiger partial charge in [-0.25, -0.2) is 0 Å². The topological polar surface area (TPSA) is 29.1 Å². The Morgan fingerprint density at radius 1 is 1.41 bits per heavy atom. The van der Waals surface area contributed by atoms with E-state index in [1.165, 1.54) is 0 Å². The van der Waals surface area contributed by atoms with Crippen LogP contribution in [-0.4, -0.2) is 12.5 Å². The van der Waals surface area contributed by atoms with E-state index in [2.05, 4.69) is 5.32 Å². The third-order valence-corrected chi connectivity index (χ3v) is 3.52. The van der Waals surface area contributed by atoms with Crippen molar-refractivity contribution in [1.29, 1.82) is 0 Å². The molecule has 17 heavy (non-hydrogen) atoms. The van der Waals surface area contributed by atoms with Gasteiger partial charge >= 0.3 is 0 Å². The highest BCUT2D eigenvalue weighted by Gasteiger charge is 2.10. The second-order valence-corrected chi connectivity index (χ2v) is 4.67. The van der Waals surface area contributed by atoms with E-state index in [-0.39, 0.29) is 5.91 Å². The van der Waals surface area contributed by atoms with E-state index < -0.39 is 0 Å². The normalized spacial score (nSPS) is 11.1. The van der Waals surface area contributed by atoms with Crippen LogP contribution in [0.4, 0.5) is 0 Å². The van der Waals surface area contributed by atoms with Crippen LogP contribution in [-0.2, 0) is 0 Å². The molecule has 88 valence electrons. The van der Waals surface area contributed by atoms with Crippen LogP contribution in [0, 0.1) is 0 Å². The summed E-state index contributed by atoms with van der Waals surface area (Å²) in [5.74, 6) is 0.0203. The Labute approximate surface area is 105 Å². The van der Waals surface area contributed by atoms with E-state index in [1.54, 1.807) is 11.3 Å². The van der Waals surface area contributed by atoms with Crippen LogP contribution in [0.1, 0.15) is 23.7 Å². The summed E-state index contributed by atoms with van der Waals surface area (Å²) in [5, 5.41) is 5.90. The summed E-state index contributed by atoms with van der Waals surface area (Å²) in [5.41, 5.74) is 0.783. The van der Waals surface area contributed by atoms with E-state index in [4.69, 9.17) is 0 Å². The molecule has 0 saturated carbocycles. The highest BCUT2D eigenvalue weighted by Crippen LogP contribution is 2.25. The Morgan fingerprint density at radius 3 is 3.06 bits per heavy atom. The lowest BCUT2D eigenvalue weighted by atomic mass is 10.1. The lowest BCUT2D eigenvalue weighted by molar-refractivity contribution is 0.0956. The lowest BCUT2D eigenvalue weighted by Crippen LogP contribution is -2.23. The van der Waals surface area contributed by atoms with E-state index in [9.17, 15) is 4.79 Å². The minimum Gasteiger partial charge on any atom is -0.352 e. The van der Waals surface area contributed by atoms with Crippen LogP contribution in [0.25, 0.3) is 10.1 Å². The number of hydrogen-bond donors (Lipinski definition) is 1. The Kier molecular flexibility index (Phi) is 3.94. The number of amides is 1. The lowest BCUT2D eigenvalue weighted by Gasteiger charge is -2.02. The number of allylic oxidation sites excluding steroid dienone is 1. The van der Waals surface area contributed by atoms with Crippen LogP contribution >= 0.6 is 11.3 Å². The number of rotatable bonds is 4. The highest BCUT2D eigenvalue weighted by molar-refractivity contribution is 7.17. The molecule has 3 heteroatoms. The largest absolute Gasteiger partial charge is 0.352 e. The van der Waals surface area contributed by atoms with Gasteiger partial charge in [0.15, 0.2) is 0 Å². The fourth-order valence-electron chi connectivity index (χ4n) is 1.68. The number of thiophene rings is 1. The van der Waals surface area contributed by atoms with Crippen LogP contribution < -0.4 is 5.32 Å². The van der Waals surface area contributed by atoms with E-state index in [0.717, 1.165) is 22.1 Å². The number of hydrogen-bond acceptors (Lipinski definition) is 2. The molecule has 0 aliphatic rings. The fourth-order valence-corrected chi connectivity index (χ4v) is 2.63. The molecule has 1 aromatic carbocycles. The Hall–Kier alpha value is -1.61. The van der Waals surface area contributed by atoms with E-state index >= 15 is 0 Å². The SMILES string of the molecule is C/C=C/CCNC(=O)c1csc2ccccc12. The fraction of sp³-hybridized carbons (Fsp3) is 0.214. The van der Waals surface area contributed by atoms with Gasteiger partial charge in [-0.3, -0.25) is 4.79 Å². The summed E-state index contributed by atoms with van der Waals surface area (Å²) in [6, 6.07) is 7.99. The van der Waals surface area contributed by atoms with Gasteiger partial charge in [-0.05, 0) is 19.4 Å². The average molecular weight is 245 g/mol. The summed E-state index contributed by atoms with van der Waals surface area (Å²) in [7, 11) is 0. The van der Waals surface area contributed by atoms with Gasteiger partial charge in [0.05, 0.1) is 5.56 Å². The average Bonchev–Trinajstić information content (AvgIpc) is 2.78. The smallest absolute Gasteiger partial charge is 0.252 e. The minimum absolute atomic E-state index is 0.0203. The highest BCUT2D eigenvalue weighted by atomic mass is 32.1. The van der Waals surface area contributed by atoms with Crippen molar-refractivity contribution in [2.45, 2.75) is 13.3 Å². The quantitative estimate of drug-likeness (QED) is 0.647. The first kappa shape index (κ1) is 11.9. The van der Waals surface area contributed by atoms with Gasteiger partial charge in [-0.15, -0.1) is 11.3 Å². The van der Waals surface area contributed by atoms with Gasteiger partial charge in [0, 0.05) is 22.0 Å². The van der Waals surface area contributed by atoms with Crippen molar-refractivity contribution >= 4 is 27.3 Å². The number of fused-ring (bicyclic) bond motifs is 1. The predicted molar refractivity (Wildman–Crippen MR) is 73.6 cm³/mol. The van der Waals surface area contributed by atoms with Crippen LogP contribution in [0.15, 0.2) is 41.8 Å². The minimum atomic E-state index is 0.0203. The zero-order chi connectivity index (χ0) is 12.1. The maximum absolute atomic E-state index is 12.0. The maximum atomic E-state index is 12.0. The molecular weight excluding hydrogens is 230 g/mol. The molecule has 0 saturated heterocycles. The molecule has 0 bridgehead atoms. The summed E-state index contributed by atoms with van der Waals surface area (Å²) >= 11 is 1.61. The molecule has 0 unspecified atom stereocenters. The van der Waals surface area contributed by atoms with Crippen molar-refractivity contribution in [2.24, 2.45) is 0 Å². The van der Waals surface area contributed by atoms with Gasteiger partial charge in [0.1, 0.15) is 0 Å². The first-order valence-electron chi connectivity index (χ1n) is 5.68. The summed E-state index contributed by atoms with van der Waals surface area (Å²) in [6.45, 7) is 2.67. The van der Waals surface area contributed by atoms with E-state index in [1.807, 2.05) is 48.7 Å².